The van der Waals surface area contributed by atoms with E-state index in [1.54, 1.807) is 6.07 Å². The Morgan fingerprint density at radius 3 is 3.06 bits per heavy atom. The second-order valence-corrected chi connectivity index (χ2v) is 9.75. The monoisotopic (exact) mass is 485 g/mol. The average Bonchev–Trinajstić information content (AvgIpc) is 3.48. The van der Waals surface area contributed by atoms with Crippen LogP contribution >= 0.6 is 11.3 Å². The van der Waals surface area contributed by atoms with Crippen LogP contribution in [0.25, 0.3) is 10.2 Å². The molecule has 2 fully saturated rings. The van der Waals surface area contributed by atoms with Crippen LogP contribution in [0.15, 0.2) is 24.5 Å². The van der Waals surface area contributed by atoms with Crippen LogP contribution in [0.4, 0.5) is 15.9 Å². The van der Waals surface area contributed by atoms with Crippen LogP contribution in [-0.2, 0) is 4.74 Å². The summed E-state index contributed by atoms with van der Waals surface area (Å²) in [5, 5.41) is 10.4. The van der Waals surface area contributed by atoms with Crippen molar-refractivity contribution in [2.24, 2.45) is 5.92 Å². The van der Waals surface area contributed by atoms with Gasteiger partial charge in [0.05, 0.1) is 22.6 Å². The number of benzene rings is 1. The van der Waals surface area contributed by atoms with Crippen LogP contribution in [0, 0.1) is 18.7 Å². The lowest BCUT2D eigenvalue weighted by Crippen LogP contribution is -2.37. The summed E-state index contributed by atoms with van der Waals surface area (Å²) in [6.07, 6.45) is 4.33. The summed E-state index contributed by atoms with van der Waals surface area (Å²) in [5.74, 6) is 0.863. The minimum absolute atomic E-state index is 0.0232. The minimum Gasteiger partial charge on any atom is -0.487 e. The molecule has 2 aliphatic rings. The van der Waals surface area contributed by atoms with Gasteiger partial charge in [-0.15, -0.1) is 11.3 Å². The van der Waals surface area contributed by atoms with E-state index in [9.17, 15) is 9.18 Å². The summed E-state index contributed by atoms with van der Waals surface area (Å²) >= 11 is 1.34. The summed E-state index contributed by atoms with van der Waals surface area (Å²) in [6, 6.07) is 4.42. The molecule has 0 spiro atoms. The van der Waals surface area contributed by atoms with Gasteiger partial charge in [-0.3, -0.25) is 4.79 Å². The van der Waals surface area contributed by atoms with Crippen LogP contribution < -0.4 is 20.7 Å². The van der Waals surface area contributed by atoms with Crippen LogP contribution in [-0.4, -0.2) is 54.8 Å². The summed E-state index contributed by atoms with van der Waals surface area (Å²) in [6.45, 7) is 5.62. The van der Waals surface area contributed by atoms with Gasteiger partial charge in [0.25, 0.3) is 5.91 Å². The molecule has 0 bridgehead atoms. The molecular formula is C24H28FN5O3S. The number of nitrogens with one attached hydrogen (secondary N) is 3. The van der Waals surface area contributed by atoms with Crippen LogP contribution in [0.3, 0.4) is 0 Å². The highest BCUT2D eigenvalue weighted by molar-refractivity contribution is 7.20. The van der Waals surface area contributed by atoms with Gasteiger partial charge in [0.1, 0.15) is 34.6 Å². The van der Waals surface area contributed by atoms with Crippen molar-refractivity contribution in [3.8, 4) is 5.75 Å². The second-order valence-electron chi connectivity index (χ2n) is 8.75. The van der Waals surface area contributed by atoms with Crippen molar-refractivity contribution in [3.05, 3.63) is 40.8 Å². The molecule has 0 saturated carbocycles. The maximum atomic E-state index is 14.0. The first-order valence-electron chi connectivity index (χ1n) is 11.6. The fourth-order valence-corrected chi connectivity index (χ4v) is 5.43. The maximum absolute atomic E-state index is 14.0. The molecule has 3 aromatic rings. The second kappa shape index (κ2) is 10.2. The first-order valence-corrected chi connectivity index (χ1v) is 12.4. The molecular weight excluding hydrogens is 457 g/mol. The molecule has 0 radical (unpaired) electrons. The molecule has 1 amide bonds. The molecule has 4 heterocycles. The number of hydrogen-bond donors (Lipinski definition) is 3. The molecule has 2 saturated heterocycles. The fourth-order valence-electron chi connectivity index (χ4n) is 4.37. The third kappa shape index (κ3) is 4.98. The summed E-state index contributed by atoms with van der Waals surface area (Å²) in [7, 11) is 0. The van der Waals surface area contributed by atoms with E-state index in [-0.39, 0.29) is 17.8 Å². The molecule has 10 heteroatoms. The summed E-state index contributed by atoms with van der Waals surface area (Å²) < 4.78 is 25.6. The number of carbonyl (C=O) groups excluding carboxylic acids is 1. The van der Waals surface area contributed by atoms with Gasteiger partial charge in [-0.1, -0.05) is 0 Å². The Balaban J connectivity index is 1.39. The molecule has 5 rings (SSSR count). The highest BCUT2D eigenvalue weighted by Gasteiger charge is 2.23. The van der Waals surface area contributed by atoms with E-state index in [0.717, 1.165) is 49.9 Å². The molecule has 2 aliphatic heterocycles. The Morgan fingerprint density at radius 1 is 1.35 bits per heavy atom. The van der Waals surface area contributed by atoms with Crippen molar-refractivity contribution in [1.29, 1.82) is 0 Å². The van der Waals surface area contributed by atoms with Gasteiger partial charge < -0.3 is 25.4 Å². The predicted molar refractivity (Wildman–Crippen MR) is 130 cm³/mol. The van der Waals surface area contributed by atoms with Gasteiger partial charge in [-0.2, -0.15) is 0 Å². The van der Waals surface area contributed by atoms with E-state index in [1.807, 2.05) is 6.92 Å². The number of carbonyl (C=O) groups is 1. The Kier molecular flexibility index (Phi) is 6.89. The first-order chi connectivity index (χ1) is 16.6. The molecule has 2 atom stereocenters. The molecule has 2 unspecified atom stereocenters. The summed E-state index contributed by atoms with van der Waals surface area (Å²) in [4.78, 5) is 23.0. The quantitative estimate of drug-likeness (QED) is 0.469. The topological polar surface area (TPSA) is 97.4 Å². The van der Waals surface area contributed by atoms with Crippen LogP contribution in [0.5, 0.6) is 5.75 Å². The van der Waals surface area contributed by atoms with Gasteiger partial charge in [0.15, 0.2) is 0 Å². The molecule has 180 valence electrons. The molecule has 34 heavy (non-hydrogen) atoms. The number of fused-ring (bicyclic) bond motifs is 1. The van der Waals surface area contributed by atoms with Crippen molar-refractivity contribution in [3.63, 3.8) is 0 Å². The largest absolute Gasteiger partial charge is 0.487 e. The van der Waals surface area contributed by atoms with Crippen LogP contribution in [0.1, 0.15) is 34.5 Å². The Bertz CT molecular complexity index is 1170. The summed E-state index contributed by atoms with van der Waals surface area (Å²) in [5.41, 5.74) is 1.43. The number of anilines is 2. The number of thiophene rings is 1. The van der Waals surface area contributed by atoms with Gasteiger partial charge in [0, 0.05) is 31.7 Å². The smallest absolute Gasteiger partial charge is 0.261 e. The van der Waals surface area contributed by atoms with E-state index in [0.29, 0.717) is 46.0 Å². The van der Waals surface area contributed by atoms with E-state index in [4.69, 9.17) is 9.47 Å². The lowest BCUT2D eigenvalue weighted by Gasteiger charge is -2.25. The number of piperidine rings is 1. The zero-order valence-corrected chi connectivity index (χ0v) is 19.8. The zero-order chi connectivity index (χ0) is 23.5. The van der Waals surface area contributed by atoms with Gasteiger partial charge in [-0.05, 0) is 50.4 Å². The van der Waals surface area contributed by atoms with Crippen LogP contribution in [0.2, 0.25) is 0 Å². The predicted octanol–water partition coefficient (Wildman–Crippen LogP) is 3.78. The van der Waals surface area contributed by atoms with Crippen molar-refractivity contribution < 1.29 is 18.7 Å². The number of aryl methyl sites for hydroxylation is 1. The van der Waals surface area contributed by atoms with Gasteiger partial charge in [-0.25, -0.2) is 14.4 Å². The highest BCUT2D eigenvalue weighted by atomic mass is 32.1. The maximum Gasteiger partial charge on any atom is 0.261 e. The number of halogens is 1. The Hall–Kier alpha value is -2.82. The molecule has 0 aliphatic carbocycles. The molecule has 3 N–H and O–H groups in total. The highest BCUT2D eigenvalue weighted by Crippen LogP contribution is 2.37. The molecule has 8 nitrogen and oxygen atoms in total. The van der Waals surface area contributed by atoms with Crippen molar-refractivity contribution in [2.45, 2.75) is 32.3 Å². The first kappa shape index (κ1) is 22.9. The number of rotatable bonds is 7. The number of nitrogens with zero attached hydrogens (tertiary/aromatic N) is 2. The fraction of sp³-hybridized carbons (Fsp3) is 0.458. The number of hydrogen-bond acceptors (Lipinski definition) is 8. The zero-order valence-electron chi connectivity index (χ0n) is 19.0. The number of amides is 1. The van der Waals surface area contributed by atoms with Crippen molar-refractivity contribution >= 4 is 39.0 Å². The van der Waals surface area contributed by atoms with E-state index in [2.05, 4.69) is 25.9 Å². The van der Waals surface area contributed by atoms with Gasteiger partial charge >= 0.3 is 0 Å². The van der Waals surface area contributed by atoms with E-state index >= 15 is 0 Å². The Labute approximate surface area is 201 Å². The van der Waals surface area contributed by atoms with E-state index in [1.165, 1.54) is 29.8 Å². The Morgan fingerprint density at radius 2 is 2.26 bits per heavy atom. The number of ether oxygens (including phenoxy) is 2. The van der Waals surface area contributed by atoms with Crippen molar-refractivity contribution in [2.75, 3.05) is 38.2 Å². The van der Waals surface area contributed by atoms with Crippen molar-refractivity contribution in [1.82, 2.24) is 20.6 Å². The van der Waals surface area contributed by atoms with E-state index < -0.39 is 0 Å². The molecule has 2 aromatic heterocycles. The lowest BCUT2D eigenvalue weighted by atomic mass is 10.1. The third-order valence-corrected chi connectivity index (χ3v) is 7.45. The molecule has 1 aromatic carbocycles. The number of aromatic nitrogens is 2. The average molecular weight is 486 g/mol. The normalized spacial score (nSPS) is 20.4. The van der Waals surface area contributed by atoms with Gasteiger partial charge in [0.2, 0.25) is 0 Å². The SMILES string of the molecule is Cc1c(C(=O)NCC2CCOC2)sc2ncnc(Nc3ccc(F)cc3OC3CCCNC3)c12. The standard InChI is InChI=1S/C24H28FN5O3S/c1-14-20-22(30-18-5-4-16(25)9-19(18)33-17-3-2-7-26-11-17)28-13-29-24(20)34-21(14)23(31)27-10-15-6-8-32-12-15/h4-5,9,13,15,17,26H,2-3,6-8,10-12H2,1H3,(H,27,31)(H,28,29,30). The third-order valence-electron chi connectivity index (χ3n) is 6.25. The lowest BCUT2D eigenvalue weighted by molar-refractivity contribution is 0.0948. The minimum atomic E-state index is -0.365.